The second-order valence-electron chi connectivity index (χ2n) is 6.46. The molecule has 0 aliphatic heterocycles. The Hall–Kier alpha value is -1.52. The van der Waals surface area contributed by atoms with Crippen molar-refractivity contribution >= 4 is 11.5 Å². The SMILES string of the molecule is CCC(C)Nc1nc(CC(C)C)nc(OCC(C)C)c1N. The number of nitrogens with one attached hydrogen (secondary N) is 1. The average Bonchev–Trinajstić information content (AvgIpc) is 2.39. The van der Waals surface area contributed by atoms with E-state index in [0.717, 1.165) is 18.7 Å². The van der Waals surface area contributed by atoms with Gasteiger partial charge in [-0.1, -0.05) is 34.6 Å². The van der Waals surface area contributed by atoms with Crippen LogP contribution in [0.3, 0.4) is 0 Å². The quantitative estimate of drug-likeness (QED) is 0.767. The summed E-state index contributed by atoms with van der Waals surface area (Å²) in [7, 11) is 0. The molecule has 1 heterocycles. The smallest absolute Gasteiger partial charge is 0.242 e. The highest BCUT2D eigenvalue weighted by Gasteiger charge is 2.15. The van der Waals surface area contributed by atoms with E-state index in [2.05, 4.69) is 56.8 Å². The van der Waals surface area contributed by atoms with E-state index in [-0.39, 0.29) is 0 Å². The second kappa shape index (κ2) is 8.05. The summed E-state index contributed by atoms with van der Waals surface area (Å²) in [6.07, 6.45) is 1.82. The molecule has 1 unspecified atom stereocenters. The Morgan fingerprint density at radius 2 is 1.76 bits per heavy atom. The van der Waals surface area contributed by atoms with Gasteiger partial charge < -0.3 is 15.8 Å². The Kier molecular flexibility index (Phi) is 6.72. The lowest BCUT2D eigenvalue weighted by Crippen LogP contribution is -2.19. The number of hydrogen-bond donors (Lipinski definition) is 2. The first kappa shape index (κ1) is 17.5. The predicted octanol–water partition coefficient (Wildman–Crippen LogP) is 3.50. The van der Waals surface area contributed by atoms with Gasteiger partial charge in [0.2, 0.25) is 5.88 Å². The molecule has 0 aromatic carbocycles. The van der Waals surface area contributed by atoms with Crippen molar-refractivity contribution in [2.75, 3.05) is 17.7 Å². The van der Waals surface area contributed by atoms with E-state index in [9.17, 15) is 0 Å². The van der Waals surface area contributed by atoms with E-state index in [0.29, 0.717) is 41.9 Å². The molecule has 0 spiro atoms. The Balaban J connectivity index is 3.06. The number of anilines is 2. The molecule has 0 aliphatic carbocycles. The monoisotopic (exact) mass is 294 g/mol. The molecule has 0 bridgehead atoms. The van der Waals surface area contributed by atoms with Gasteiger partial charge in [-0.2, -0.15) is 4.98 Å². The molecule has 5 heteroatoms. The van der Waals surface area contributed by atoms with Crippen molar-refractivity contribution in [3.05, 3.63) is 5.82 Å². The van der Waals surface area contributed by atoms with E-state index in [1.54, 1.807) is 0 Å². The van der Waals surface area contributed by atoms with Crippen LogP contribution in [0.4, 0.5) is 11.5 Å². The fourth-order valence-corrected chi connectivity index (χ4v) is 1.75. The molecule has 0 radical (unpaired) electrons. The third kappa shape index (κ3) is 5.78. The van der Waals surface area contributed by atoms with Crippen LogP contribution in [0, 0.1) is 11.8 Å². The van der Waals surface area contributed by atoms with Crippen molar-refractivity contribution in [1.29, 1.82) is 0 Å². The van der Waals surface area contributed by atoms with E-state index in [1.165, 1.54) is 0 Å². The van der Waals surface area contributed by atoms with Gasteiger partial charge in [0, 0.05) is 12.5 Å². The number of nitrogens with two attached hydrogens (primary N) is 1. The Morgan fingerprint density at radius 3 is 2.29 bits per heavy atom. The van der Waals surface area contributed by atoms with Crippen LogP contribution in [0.1, 0.15) is 53.8 Å². The van der Waals surface area contributed by atoms with Gasteiger partial charge in [-0.3, -0.25) is 0 Å². The summed E-state index contributed by atoms with van der Waals surface area (Å²) in [6, 6.07) is 0.312. The van der Waals surface area contributed by atoms with Crippen LogP contribution in [0.2, 0.25) is 0 Å². The van der Waals surface area contributed by atoms with E-state index in [4.69, 9.17) is 10.5 Å². The van der Waals surface area contributed by atoms with E-state index >= 15 is 0 Å². The number of nitrogens with zero attached hydrogens (tertiary/aromatic N) is 2. The molecule has 0 saturated carbocycles. The van der Waals surface area contributed by atoms with Gasteiger partial charge >= 0.3 is 0 Å². The molecule has 5 nitrogen and oxygen atoms in total. The third-order valence-corrected chi connectivity index (χ3v) is 3.10. The summed E-state index contributed by atoms with van der Waals surface area (Å²) in [5.74, 6) is 2.89. The Bertz CT molecular complexity index is 446. The van der Waals surface area contributed by atoms with E-state index < -0.39 is 0 Å². The van der Waals surface area contributed by atoms with Crippen LogP contribution in [-0.4, -0.2) is 22.6 Å². The molecule has 0 fully saturated rings. The minimum absolute atomic E-state index is 0.312. The highest BCUT2D eigenvalue weighted by Crippen LogP contribution is 2.28. The first-order chi connectivity index (χ1) is 9.83. The van der Waals surface area contributed by atoms with Gasteiger partial charge in [0.1, 0.15) is 11.5 Å². The molecular formula is C16H30N4O. The molecule has 3 N–H and O–H groups in total. The molecule has 1 rings (SSSR count). The zero-order valence-corrected chi connectivity index (χ0v) is 14.2. The lowest BCUT2D eigenvalue weighted by Gasteiger charge is -2.18. The van der Waals surface area contributed by atoms with Crippen LogP contribution in [0.15, 0.2) is 0 Å². The molecule has 0 saturated heterocycles. The Labute approximate surface area is 128 Å². The largest absolute Gasteiger partial charge is 0.476 e. The lowest BCUT2D eigenvalue weighted by atomic mass is 10.1. The summed E-state index contributed by atoms with van der Waals surface area (Å²) in [4.78, 5) is 9.04. The molecule has 120 valence electrons. The fourth-order valence-electron chi connectivity index (χ4n) is 1.75. The molecule has 0 aliphatic rings. The summed E-state index contributed by atoms with van der Waals surface area (Å²) in [5.41, 5.74) is 6.66. The van der Waals surface area contributed by atoms with Crippen molar-refractivity contribution in [2.24, 2.45) is 11.8 Å². The van der Waals surface area contributed by atoms with E-state index in [1.807, 2.05) is 0 Å². The molecule has 1 aromatic rings. The van der Waals surface area contributed by atoms with Crippen molar-refractivity contribution in [3.8, 4) is 5.88 Å². The Morgan fingerprint density at radius 1 is 1.10 bits per heavy atom. The lowest BCUT2D eigenvalue weighted by molar-refractivity contribution is 0.261. The van der Waals surface area contributed by atoms with Gasteiger partial charge in [-0.25, -0.2) is 4.98 Å². The molecular weight excluding hydrogens is 264 g/mol. The van der Waals surface area contributed by atoms with Crippen molar-refractivity contribution in [3.63, 3.8) is 0 Å². The normalized spacial score (nSPS) is 12.8. The van der Waals surface area contributed by atoms with Crippen LogP contribution >= 0.6 is 0 Å². The van der Waals surface area contributed by atoms with Crippen LogP contribution < -0.4 is 15.8 Å². The highest BCUT2D eigenvalue weighted by molar-refractivity contribution is 5.67. The summed E-state index contributed by atoms with van der Waals surface area (Å²) >= 11 is 0. The maximum Gasteiger partial charge on any atom is 0.242 e. The van der Waals surface area contributed by atoms with Gasteiger partial charge in [-0.15, -0.1) is 0 Å². The maximum atomic E-state index is 6.16. The fraction of sp³-hybridized carbons (Fsp3) is 0.750. The zero-order chi connectivity index (χ0) is 16.0. The van der Waals surface area contributed by atoms with Crippen molar-refractivity contribution < 1.29 is 4.74 Å². The first-order valence-electron chi connectivity index (χ1n) is 7.89. The van der Waals surface area contributed by atoms with Crippen LogP contribution in [0.5, 0.6) is 5.88 Å². The van der Waals surface area contributed by atoms with Gasteiger partial charge in [0.25, 0.3) is 0 Å². The number of aromatic nitrogens is 2. The average molecular weight is 294 g/mol. The first-order valence-corrected chi connectivity index (χ1v) is 7.89. The topological polar surface area (TPSA) is 73.1 Å². The van der Waals surface area contributed by atoms with Gasteiger partial charge in [0.05, 0.1) is 6.61 Å². The summed E-state index contributed by atoms with van der Waals surface area (Å²) in [6.45, 7) is 13.3. The minimum atomic E-state index is 0.312. The van der Waals surface area contributed by atoms with Crippen molar-refractivity contribution in [1.82, 2.24) is 9.97 Å². The summed E-state index contributed by atoms with van der Waals surface area (Å²) < 4.78 is 5.76. The zero-order valence-electron chi connectivity index (χ0n) is 14.2. The number of ether oxygens (including phenoxy) is 1. The maximum absolute atomic E-state index is 6.16. The van der Waals surface area contributed by atoms with Crippen LogP contribution in [-0.2, 0) is 6.42 Å². The third-order valence-electron chi connectivity index (χ3n) is 3.10. The summed E-state index contributed by atoms with van der Waals surface area (Å²) in [5, 5.41) is 3.35. The minimum Gasteiger partial charge on any atom is -0.476 e. The predicted molar refractivity (Wildman–Crippen MR) is 88.7 cm³/mol. The molecule has 1 atom stereocenters. The van der Waals surface area contributed by atoms with Crippen LogP contribution in [0.25, 0.3) is 0 Å². The highest BCUT2D eigenvalue weighted by atomic mass is 16.5. The number of nitrogen functional groups attached to an aromatic ring is 1. The second-order valence-corrected chi connectivity index (χ2v) is 6.46. The van der Waals surface area contributed by atoms with Crippen molar-refractivity contribution in [2.45, 2.75) is 60.4 Å². The number of hydrogen-bond acceptors (Lipinski definition) is 5. The van der Waals surface area contributed by atoms with Gasteiger partial charge in [-0.05, 0) is 25.2 Å². The molecule has 21 heavy (non-hydrogen) atoms. The standard InChI is InChI=1S/C16H30N4O/c1-7-12(6)18-15-14(17)16(21-9-11(4)5)20-13(19-15)8-10(2)3/h10-12H,7-9,17H2,1-6H3,(H,18,19,20). The molecule has 1 aromatic heterocycles. The number of rotatable bonds is 8. The van der Waals surface area contributed by atoms with Gasteiger partial charge in [0.15, 0.2) is 5.82 Å². The molecule has 0 amide bonds.